The Morgan fingerprint density at radius 1 is 1.08 bits per heavy atom. The van der Waals surface area contributed by atoms with Crippen LogP contribution in [0.4, 0.5) is 0 Å². The Hall–Kier alpha value is -0.210. The van der Waals surface area contributed by atoms with Crippen LogP contribution >= 0.6 is 6.49 Å². The van der Waals surface area contributed by atoms with Gasteiger partial charge in [0.1, 0.15) is 0 Å². The molecule has 0 aromatic heterocycles. The summed E-state index contributed by atoms with van der Waals surface area (Å²) in [5.74, 6) is 0. The number of benzene rings is 1. The van der Waals surface area contributed by atoms with Gasteiger partial charge in [0.2, 0.25) is 6.49 Å². The van der Waals surface area contributed by atoms with Crippen molar-refractivity contribution in [1.29, 1.82) is 0 Å². The minimum absolute atomic E-state index is 0.535. The second kappa shape index (κ2) is 3.50. The summed E-state index contributed by atoms with van der Waals surface area (Å²) in [6.07, 6.45) is 0. The largest absolute Gasteiger partial charge is 0.342 e. The Morgan fingerprint density at radius 2 is 1.46 bits per heavy atom. The molecule has 0 aliphatic carbocycles. The summed E-state index contributed by atoms with van der Waals surface area (Å²) in [6, 6.07) is 3.83. The highest BCUT2D eigenvalue weighted by atomic mass is 32.5. The molecular formula is C9H13O2PS. The predicted octanol–water partition coefficient (Wildman–Crippen LogP) is 1.53. The lowest BCUT2D eigenvalue weighted by Crippen LogP contribution is -2.12. The van der Waals surface area contributed by atoms with E-state index in [1.165, 1.54) is 0 Å². The molecule has 0 fully saturated rings. The quantitative estimate of drug-likeness (QED) is 0.699. The highest BCUT2D eigenvalue weighted by Crippen LogP contribution is 2.36. The van der Waals surface area contributed by atoms with Crippen LogP contribution in [-0.4, -0.2) is 9.79 Å². The SMILES string of the molecule is Cc1cc(C)c(P(O)(O)=S)c(C)c1. The van der Waals surface area contributed by atoms with E-state index in [0.717, 1.165) is 16.7 Å². The maximum atomic E-state index is 9.42. The molecular weight excluding hydrogens is 203 g/mol. The van der Waals surface area contributed by atoms with Crippen LogP contribution in [0, 0.1) is 20.8 Å². The van der Waals surface area contributed by atoms with Crippen molar-refractivity contribution in [3.63, 3.8) is 0 Å². The van der Waals surface area contributed by atoms with E-state index in [4.69, 9.17) is 11.8 Å². The monoisotopic (exact) mass is 216 g/mol. The second-order valence-corrected chi connectivity index (χ2v) is 6.35. The summed E-state index contributed by atoms with van der Waals surface area (Å²) in [6.45, 7) is 2.39. The molecule has 0 unspecified atom stereocenters. The van der Waals surface area contributed by atoms with Gasteiger partial charge in [-0.15, -0.1) is 0 Å². The third-order valence-corrected chi connectivity index (χ3v) is 3.76. The van der Waals surface area contributed by atoms with Crippen molar-refractivity contribution in [2.24, 2.45) is 0 Å². The normalized spacial score (nSPS) is 11.8. The maximum Gasteiger partial charge on any atom is 0.214 e. The molecule has 0 aliphatic rings. The van der Waals surface area contributed by atoms with Crippen LogP contribution < -0.4 is 5.30 Å². The van der Waals surface area contributed by atoms with Crippen LogP contribution in [0.1, 0.15) is 16.7 Å². The van der Waals surface area contributed by atoms with E-state index in [-0.39, 0.29) is 0 Å². The highest BCUT2D eigenvalue weighted by molar-refractivity contribution is 8.12. The summed E-state index contributed by atoms with van der Waals surface area (Å²) in [5, 5.41) is 0.535. The Bertz CT molecular complexity index is 358. The first-order chi connectivity index (χ1) is 5.82. The first-order valence-corrected chi connectivity index (χ1v) is 6.67. The Balaban J connectivity index is 3.47. The molecule has 0 amide bonds. The molecule has 1 rings (SSSR count). The zero-order chi connectivity index (χ0) is 10.2. The fourth-order valence-electron chi connectivity index (χ4n) is 1.63. The number of aryl methyl sites for hydroxylation is 3. The van der Waals surface area contributed by atoms with Gasteiger partial charge in [-0.05, 0) is 43.7 Å². The topological polar surface area (TPSA) is 40.5 Å². The molecule has 2 nitrogen and oxygen atoms in total. The first kappa shape index (κ1) is 10.9. The molecule has 13 heavy (non-hydrogen) atoms. The minimum atomic E-state index is -3.28. The van der Waals surface area contributed by atoms with E-state index in [2.05, 4.69) is 0 Å². The summed E-state index contributed by atoms with van der Waals surface area (Å²) in [4.78, 5) is 18.8. The average Bonchev–Trinajstić information content (AvgIpc) is 1.78. The molecule has 0 saturated carbocycles. The molecule has 2 N–H and O–H groups in total. The van der Waals surface area contributed by atoms with Gasteiger partial charge in [-0.3, -0.25) is 0 Å². The fourth-order valence-corrected chi connectivity index (χ4v) is 3.54. The number of hydrogen-bond acceptors (Lipinski definition) is 1. The fraction of sp³-hybridized carbons (Fsp3) is 0.333. The smallest absolute Gasteiger partial charge is 0.214 e. The van der Waals surface area contributed by atoms with Crippen LogP contribution in [0.2, 0.25) is 0 Å². The van der Waals surface area contributed by atoms with Gasteiger partial charge in [0.25, 0.3) is 0 Å². The van der Waals surface area contributed by atoms with Gasteiger partial charge >= 0.3 is 0 Å². The van der Waals surface area contributed by atoms with E-state index >= 15 is 0 Å². The zero-order valence-electron chi connectivity index (χ0n) is 7.90. The molecule has 0 atom stereocenters. The molecule has 0 radical (unpaired) electrons. The van der Waals surface area contributed by atoms with E-state index in [1.807, 2.05) is 32.9 Å². The van der Waals surface area contributed by atoms with Gasteiger partial charge in [-0.25, -0.2) is 0 Å². The molecule has 0 spiro atoms. The summed E-state index contributed by atoms with van der Waals surface area (Å²) < 4.78 is 0. The van der Waals surface area contributed by atoms with Crippen molar-refractivity contribution in [2.75, 3.05) is 0 Å². The van der Waals surface area contributed by atoms with Crippen molar-refractivity contribution in [3.05, 3.63) is 28.8 Å². The van der Waals surface area contributed by atoms with Crippen molar-refractivity contribution >= 4 is 23.6 Å². The molecule has 1 aromatic carbocycles. The number of rotatable bonds is 1. The Morgan fingerprint density at radius 3 is 1.77 bits per heavy atom. The summed E-state index contributed by atoms with van der Waals surface area (Å²) >= 11 is 4.69. The lowest BCUT2D eigenvalue weighted by atomic mass is 10.1. The van der Waals surface area contributed by atoms with Gasteiger partial charge < -0.3 is 9.79 Å². The molecule has 1 aromatic rings. The molecule has 72 valence electrons. The van der Waals surface area contributed by atoms with Crippen LogP contribution in [0.15, 0.2) is 12.1 Å². The van der Waals surface area contributed by atoms with Crippen molar-refractivity contribution in [1.82, 2.24) is 0 Å². The van der Waals surface area contributed by atoms with E-state index in [9.17, 15) is 9.79 Å². The first-order valence-electron chi connectivity index (χ1n) is 3.96. The maximum absolute atomic E-state index is 9.42. The van der Waals surface area contributed by atoms with Crippen LogP contribution in [0.5, 0.6) is 0 Å². The van der Waals surface area contributed by atoms with E-state index in [1.54, 1.807) is 0 Å². The van der Waals surface area contributed by atoms with Gasteiger partial charge in [-0.1, -0.05) is 17.7 Å². The van der Waals surface area contributed by atoms with Gasteiger partial charge in [0, 0.05) is 5.30 Å². The summed E-state index contributed by atoms with van der Waals surface area (Å²) in [5.41, 5.74) is 2.85. The standard InChI is InChI=1S/C9H13O2PS/c1-6-4-7(2)9(8(3)5-6)12(10,11)13/h4-5H,1-3H3,(H2,10,11,13). The predicted molar refractivity (Wildman–Crippen MR) is 59.0 cm³/mol. The molecule has 4 heteroatoms. The average molecular weight is 216 g/mol. The van der Waals surface area contributed by atoms with Crippen LogP contribution in [0.25, 0.3) is 0 Å². The molecule has 0 bridgehead atoms. The van der Waals surface area contributed by atoms with Crippen molar-refractivity contribution in [2.45, 2.75) is 20.8 Å². The van der Waals surface area contributed by atoms with Gasteiger partial charge in [-0.2, -0.15) is 0 Å². The number of hydrogen-bond donors (Lipinski definition) is 2. The molecule has 0 aliphatic heterocycles. The third-order valence-electron chi connectivity index (χ3n) is 1.93. The summed E-state index contributed by atoms with van der Waals surface area (Å²) in [7, 11) is 0. The lowest BCUT2D eigenvalue weighted by molar-refractivity contribution is 0.493. The van der Waals surface area contributed by atoms with Gasteiger partial charge in [0.05, 0.1) is 0 Å². The third kappa shape index (κ3) is 2.38. The second-order valence-electron chi connectivity index (χ2n) is 3.29. The minimum Gasteiger partial charge on any atom is -0.342 e. The van der Waals surface area contributed by atoms with E-state index in [0.29, 0.717) is 5.30 Å². The van der Waals surface area contributed by atoms with E-state index < -0.39 is 6.49 Å². The highest BCUT2D eigenvalue weighted by Gasteiger charge is 2.17. The van der Waals surface area contributed by atoms with Crippen molar-refractivity contribution < 1.29 is 9.79 Å². The van der Waals surface area contributed by atoms with Crippen molar-refractivity contribution in [3.8, 4) is 0 Å². The molecule has 0 saturated heterocycles. The Labute approximate surface area is 83.4 Å². The Kier molecular flexibility index (Phi) is 2.93. The van der Waals surface area contributed by atoms with Crippen LogP contribution in [0.3, 0.4) is 0 Å². The van der Waals surface area contributed by atoms with Gasteiger partial charge in [0.15, 0.2) is 0 Å². The zero-order valence-corrected chi connectivity index (χ0v) is 9.62. The molecule has 0 heterocycles. The lowest BCUT2D eigenvalue weighted by Gasteiger charge is -2.14. The van der Waals surface area contributed by atoms with Crippen LogP contribution in [-0.2, 0) is 11.8 Å².